The molecule has 1 radical (unpaired) electrons. The second-order valence-corrected chi connectivity index (χ2v) is 10.5. The summed E-state index contributed by atoms with van der Waals surface area (Å²) in [6.45, 7) is 17.0. The van der Waals surface area contributed by atoms with Crippen molar-refractivity contribution in [1.82, 2.24) is 4.90 Å². The normalized spacial score (nSPS) is 12.5. The van der Waals surface area contributed by atoms with Crippen LogP contribution in [-0.2, 0) is 28.5 Å². The second kappa shape index (κ2) is 30.6. The molecular weight excluding hydrogens is 534 g/mol. The first-order valence-electron chi connectivity index (χ1n) is 16.5. The van der Waals surface area contributed by atoms with Gasteiger partial charge in [-0.2, -0.15) is 0 Å². The number of hydrogen-bond donors (Lipinski definition) is 0. The molecule has 1 unspecified atom stereocenters. The van der Waals surface area contributed by atoms with Crippen molar-refractivity contribution in [2.45, 2.75) is 117 Å². The van der Waals surface area contributed by atoms with Gasteiger partial charge in [0.1, 0.15) is 6.61 Å². The topological polar surface area (TPSA) is 83.5 Å². The maximum atomic E-state index is 12.2. The van der Waals surface area contributed by atoms with Crippen molar-refractivity contribution in [2.75, 3.05) is 52.7 Å². The van der Waals surface area contributed by atoms with Crippen LogP contribution in [0.3, 0.4) is 0 Å². The number of allylic oxidation sites excluding steroid dienone is 4. The summed E-state index contributed by atoms with van der Waals surface area (Å²) < 4.78 is 27.6. The highest BCUT2D eigenvalue weighted by molar-refractivity contribution is 5.69. The van der Waals surface area contributed by atoms with Crippen LogP contribution in [-0.4, -0.2) is 76.0 Å². The van der Waals surface area contributed by atoms with Gasteiger partial charge in [0.2, 0.25) is 0 Å². The molecule has 245 valence electrons. The first-order chi connectivity index (χ1) is 20.5. The van der Waals surface area contributed by atoms with Crippen molar-refractivity contribution in [1.29, 1.82) is 0 Å². The number of ether oxygens (including phenoxy) is 5. The third kappa shape index (κ3) is 27.0. The average molecular weight is 597 g/mol. The summed E-state index contributed by atoms with van der Waals surface area (Å²) in [5, 5.41) is 0. The maximum Gasteiger partial charge on any atom is 0.508 e. The van der Waals surface area contributed by atoms with Gasteiger partial charge in [0, 0.05) is 32.1 Å². The lowest BCUT2D eigenvalue weighted by molar-refractivity contribution is -0.150. The fourth-order valence-corrected chi connectivity index (χ4v) is 4.06. The highest BCUT2D eigenvalue weighted by Crippen LogP contribution is 2.12. The van der Waals surface area contributed by atoms with Gasteiger partial charge in [-0.1, -0.05) is 52.0 Å². The van der Waals surface area contributed by atoms with E-state index >= 15 is 0 Å². The summed E-state index contributed by atoms with van der Waals surface area (Å²) in [5.41, 5.74) is 0. The Morgan fingerprint density at radius 2 is 1.29 bits per heavy atom. The van der Waals surface area contributed by atoms with E-state index in [-0.39, 0.29) is 31.4 Å². The number of carbonyl (C=O) groups excluding carboxylic acids is 2. The molecule has 0 spiro atoms. The van der Waals surface area contributed by atoms with Crippen LogP contribution in [0.5, 0.6) is 0 Å². The standard InChI is InChI=1S/C34H62NO7/c1-6-10-12-14-16-20-26-38-33(39-27-21-17-15-13-11-7-2)24-19-18-23-32(36)41-29-31(5)30-42-34(37)40-28-22-25-35(8-3)9-4/h10-13,31,33H,5-9,14-30H2,1-4H3/b12-10-,13-11-. The molecule has 8 heteroatoms. The summed E-state index contributed by atoms with van der Waals surface area (Å²) >= 11 is 0. The molecule has 0 aliphatic heterocycles. The van der Waals surface area contributed by atoms with Crippen molar-refractivity contribution in [3.05, 3.63) is 31.2 Å². The monoisotopic (exact) mass is 596 g/mol. The quantitative estimate of drug-likeness (QED) is 0.0371. The van der Waals surface area contributed by atoms with Crippen molar-refractivity contribution >= 4 is 12.1 Å². The Bertz CT molecular complexity index is 655. The number of nitrogens with zero attached hydrogens (tertiary/aromatic N) is 1. The Kier molecular flexibility index (Phi) is 29.2. The third-order valence-corrected chi connectivity index (χ3v) is 6.66. The Morgan fingerprint density at radius 1 is 0.690 bits per heavy atom. The Balaban J connectivity index is 4.12. The molecule has 42 heavy (non-hydrogen) atoms. The first-order valence-corrected chi connectivity index (χ1v) is 16.5. The van der Waals surface area contributed by atoms with Crippen molar-refractivity contribution in [3.8, 4) is 0 Å². The van der Waals surface area contributed by atoms with Crippen molar-refractivity contribution < 1.29 is 33.3 Å². The molecule has 1 atom stereocenters. The van der Waals surface area contributed by atoms with Crippen molar-refractivity contribution in [3.63, 3.8) is 0 Å². The van der Waals surface area contributed by atoms with E-state index in [0.717, 1.165) is 90.3 Å². The number of unbranched alkanes of at least 4 members (excludes halogenated alkanes) is 5. The molecule has 8 nitrogen and oxygen atoms in total. The molecule has 0 fully saturated rings. The Hall–Kier alpha value is -1.90. The largest absolute Gasteiger partial charge is 0.508 e. The molecule has 0 saturated heterocycles. The van der Waals surface area contributed by atoms with Gasteiger partial charge in [-0.15, -0.1) is 0 Å². The highest BCUT2D eigenvalue weighted by Gasteiger charge is 2.13. The molecule has 0 amide bonds. The summed E-state index contributed by atoms with van der Waals surface area (Å²) in [5.74, 6) is -0.625. The SMILES string of the molecule is [CH2]C(COC(=O)CCCCC(OCCCC/C=C\CC)OCCCC/C=C\CC)COC(=O)OCCCN(CC)CC. The fraction of sp³-hybridized carbons (Fsp3) is 0.794. The molecule has 0 aromatic rings. The van der Waals surface area contributed by atoms with E-state index in [1.807, 2.05) is 0 Å². The molecule has 0 bridgehead atoms. The van der Waals surface area contributed by atoms with Crippen LogP contribution in [0.25, 0.3) is 0 Å². The van der Waals surface area contributed by atoms with Gasteiger partial charge in [0.05, 0.1) is 13.2 Å². The maximum absolute atomic E-state index is 12.2. The molecule has 0 aliphatic rings. The molecule has 0 saturated carbocycles. The molecule has 0 heterocycles. The number of esters is 1. The van der Waals surface area contributed by atoms with Crippen LogP contribution in [0.4, 0.5) is 4.79 Å². The van der Waals surface area contributed by atoms with Gasteiger partial charge in [0.15, 0.2) is 6.29 Å². The van der Waals surface area contributed by atoms with Gasteiger partial charge >= 0.3 is 12.1 Å². The van der Waals surface area contributed by atoms with E-state index in [4.69, 9.17) is 23.7 Å². The zero-order valence-electron chi connectivity index (χ0n) is 27.3. The van der Waals surface area contributed by atoms with Crippen molar-refractivity contribution in [2.24, 2.45) is 5.92 Å². The molecule has 0 rings (SSSR count). The lowest BCUT2D eigenvalue weighted by Crippen LogP contribution is -2.25. The van der Waals surface area contributed by atoms with Gasteiger partial charge in [0.25, 0.3) is 0 Å². The van der Waals surface area contributed by atoms with E-state index in [1.54, 1.807) is 0 Å². The van der Waals surface area contributed by atoms with Crippen LogP contribution in [0.2, 0.25) is 0 Å². The summed E-state index contributed by atoms with van der Waals surface area (Å²) in [4.78, 5) is 26.2. The van der Waals surface area contributed by atoms with Crippen LogP contribution in [0.15, 0.2) is 24.3 Å². The zero-order chi connectivity index (χ0) is 31.1. The molecule has 0 N–H and O–H groups in total. The van der Waals surface area contributed by atoms with Crippen LogP contribution >= 0.6 is 0 Å². The smallest absolute Gasteiger partial charge is 0.465 e. The minimum atomic E-state index is -0.713. The molecule has 0 aliphatic carbocycles. The lowest BCUT2D eigenvalue weighted by atomic mass is 10.2. The van der Waals surface area contributed by atoms with E-state index in [2.05, 4.69) is 63.8 Å². The van der Waals surface area contributed by atoms with E-state index in [0.29, 0.717) is 32.7 Å². The van der Waals surface area contributed by atoms with Gasteiger partial charge in [-0.05, 0) is 97.1 Å². The zero-order valence-corrected chi connectivity index (χ0v) is 27.3. The average Bonchev–Trinajstić information content (AvgIpc) is 2.99. The summed E-state index contributed by atoms with van der Waals surface area (Å²) in [7, 11) is 0. The Labute approximate surface area is 257 Å². The van der Waals surface area contributed by atoms with E-state index in [9.17, 15) is 9.59 Å². The number of rotatable bonds is 29. The number of hydrogen-bond acceptors (Lipinski definition) is 8. The van der Waals surface area contributed by atoms with Crippen LogP contribution < -0.4 is 0 Å². The minimum absolute atomic E-state index is 0.0439. The lowest BCUT2D eigenvalue weighted by Gasteiger charge is -2.19. The number of carbonyl (C=O) groups is 2. The van der Waals surface area contributed by atoms with E-state index < -0.39 is 6.16 Å². The molecule has 0 aromatic heterocycles. The fourth-order valence-electron chi connectivity index (χ4n) is 4.06. The summed E-state index contributed by atoms with van der Waals surface area (Å²) in [6.07, 6.45) is 19.8. The summed E-state index contributed by atoms with van der Waals surface area (Å²) in [6, 6.07) is 0. The van der Waals surface area contributed by atoms with E-state index in [1.165, 1.54) is 0 Å². The third-order valence-electron chi connectivity index (χ3n) is 6.66. The van der Waals surface area contributed by atoms with Crippen LogP contribution in [0, 0.1) is 12.8 Å². The van der Waals surface area contributed by atoms with Gasteiger partial charge in [-0.3, -0.25) is 4.79 Å². The first kappa shape index (κ1) is 40.1. The Morgan fingerprint density at radius 3 is 1.86 bits per heavy atom. The highest BCUT2D eigenvalue weighted by atomic mass is 16.7. The predicted molar refractivity (Wildman–Crippen MR) is 170 cm³/mol. The van der Waals surface area contributed by atoms with Crippen LogP contribution in [0.1, 0.15) is 111 Å². The van der Waals surface area contributed by atoms with Gasteiger partial charge < -0.3 is 28.6 Å². The predicted octanol–water partition coefficient (Wildman–Crippen LogP) is 8.06. The minimum Gasteiger partial charge on any atom is -0.465 e. The molecule has 0 aromatic carbocycles. The van der Waals surface area contributed by atoms with Gasteiger partial charge in [-0.25, -0.2) is 4.79 Å². The molecular formula is C34H62NO7. The second-order valence-electron chi connectivity index (χ2n) is 10.5.